The first kappa shape index (κ1) is 13.3. The summed E-state index contributed by atoms with van der Waals surface area (Å²) in [6.45, 7) is 1.63. The van der Waals surface area contributed by atoms with Crippen molar-refractivity contribution in [2.24, 2.45) is 0 Å². The van der Waals surface area contributed by atoms with Crippen LogP contribution in [0.2, 0.25) is 0 Å². The van der Waals surface area contributed by atoms with Gasteiger partial charge in [0.2, 0.25) is 0 Å². The van der Waals surface area contributed by atoms with E-state index in [2.05, 4.69) is 34.6 Å². The van der Waals surface area contributed by atoms with Gasteiger partial charge in [-0.2, -0.15) is 0 Å². The minimum Gasteiger partial charge on any atom is -0.396 e. The van der Waals surface area contributed by atoms with E-state index in [0.717, 1.165) is 31.6 Å². The van der Waals surface area contributed by atoms with Crippen LogP contribution in [0.15, 0.2) is 30.5 Å². The minimum atomic E-state index is 0.0485. The highest BCUT2D eigenvalue weighted by Gasteiger charge is 2.21. The number of hydrogen-bond acceptors (Lipinski definition) is 4. The molecule has 1 aliphatic rings. The molecule has 2 aromatic rings. The van der Waals surface area contributed by atoms with Gasteiger partial charge in [0.1, 0.15) is 6.10 Å². The lowest BCUT2D eigenvalue weighted by Gasteiger charge is -2.25. The number of fused-ring (bicyclic) bond motifs is 1. The van der Waals surface area contributed by atoms with Crippen molar-refractivity contribution in [3.63, 3.8) is 0 Å². The molecule has 1 aromatic heterocycles. The first-order valence-electron chi connectivity index (χ1n) is 7.06. The third kappa shape index (κ3) is 2.89. The Morgan fingerprint density at radius 3 is 3.15 bits per heavy atom. The quantitative estimate of drug-likeness (QED) is 0.897. The Morgan fingerprint density at radius 2 is 2.25 bits per heavy atom. The van der Waals surface area contributed by atoms with Crippen LogP contribution in [0.1, 0.15) is 29.3 Å². The Kier molecular flexibility index (Phi) is 4.08. The molecule has 0 spiro atoms. The Bertz CT molecular complexity index is 568. The maximum atomic E-state index is 8.83. The number of benzene rings is 1. The molecule has 0 aliphatic carbocycles. The second kappa shape index (κ2) is 6.15. The van der Waals surface area contributed by atoms with Crippen LogP contribution in [-0.2, 0) is 24.1 Å². The molecule has 1 aliphatic heterocycles. The second-order valence-corrected chi connectivity index (χ2v) is 5.07. The molecule has 1 unspecified atom stereocenters. The SMILES string of the molecule is OCCCc1cn(CC2OCCc3ccccc32)nn1. The number of hydrogen-bond donors (Lipinski definition) is 1. The number of aliphatic hydroxyl groups excluding tert-OH is 1. The molecule has 1 N–H and O–H groups in total. The van der Waals surface area contributed by atoms with Crippen LogP contribution in [0.5, 0.6) is 0 Å². The van der Waals surface area contributed by atoms with Crippen LogP contribution < -0.4 is 0 Å². The molecular weight excluding hydrogens is 254 g/mol. The van der Waals surface area contributed by atoms with E-state index in [1.54, 1.807) is 0 Å². The molecule has 20 heavy (non-hydrogen) atoms. The molecule has 3 rings (SSSR count). The van der Waals surface area contributed by atoms with E-state index in [9.17, 15) is 0 Å². The Hall–Kier alpha value is -1.72. The summed E-state index contributed by atoms with van der Waals surface area (Å²) in [7, 11) is 0. The molecule has 0 saturated carbocycles. The normalized spacial score (nSPS) is 17.9. The zero-order valence-corrected chi connectivity index (χ0v) is 11.4. The fourth-order valence-electron chi connectivity index (χ4n) is 2.60. The van der Waals surface area contributed by atoms with Crippen LogP contribution in [0.4, 0.5) is 0 Å². The lowest BCUT2D eigenvalue weighted by atomic mass is 9.98. The van der Waals surface area contributed by atoms with Gasteiger partial charge in [-0.15, -0.1) is 5.10 Å². The zero-order chi connectivity index (χ0) is 13.8. The van der Waals surface area contributed by atoms with Gasteiger partial charge in [0.15, 0.2) is 0 Å². The van der Waals surface area contributed by atoms with Crippen LogP contribution >= 0.6 is 0 Å². The van der Waals surface area contributed by atoms with Gasteiger partial charge in [0, 0.05) is 12.8 Å². The lowest BCUT2D eigenvalue weighted by molar-refractivity contribution is 0.0279. The van der Waals surface area contributed by atoms with E-state index < -0.39 is 0 Å². The highest BCUT2D eigenvalue weighted by Crippen LogP contribution is 2.27. The van der Waals surface area contributed by atoms with E-state index in [-0.39, 0.29) is 12.7 Å². The standard InChI is InChI=1S/C15H19N3O2/c19-8-3-5-13-10-18(17-16-13)11-15-14-6-2-1-4-12(14)7-9-20-15/h1-2,4,6,10,15,19H,3,5,7-9,11H2. The Morgan fingerprint density at radius 1 is 1.35 bits per heavy atom. The van der Waals surface area contributed by atoms with E-state index in [0.29, 0.717) is 6.54 Å². The molecule has 5 nitrogen and oxygen atoms in total. The van der Waals surface area contributed by atoms with Gasteiger partial charge in [-0.3, -0.25) is 0 Å². The third-order valence-corrected chi connectivity index (χ3v) is 3.62. The average Bonchev–Trinajstić information content (AvgIpc) is 2.93. The number of nitrogens with zero attached hydrogens (tertiary/aromatic N) is 3. The molecule has 0 fully saturated rings. The van der Waals surface area contributed by atoms with Crippen LogP contribution in [0, 0.1) is 0 Å². The third-order valence-electron chi connectivity index (χ3n) is 3.62. The topological polar surface area (TPSA) is 60.2 Å². The summed E-state index contributed by atoms with van der Waals surface area (Å²) in [6.07, 6.45) is 4.45. The zero-order valence-electron chi connectivity index (χ0n) is 11.4. The molecule has 5 heteroatoms. The first-order chi connectivity index (χ1) is 9.86. The van der Waals surface area contributed by atoms with Crippen molar-refractivity contribution in [3.8, 4) is 0 Å². The molecule has 0 saturated heterocycles. The van der Waals surface area contributed by atoms with Crippen molar-refractivity contribution in [3.05, 3.63) is 47.3 Å². The number of rotatable bonds is 5. The average molecular weight is 273 g/mol. The molecule has 106 valence electrons. The van der Waals surface area contributed by atoms with Crippen LogP contribution in [0.25, 0.3) is 0 Å². The second-order valence-electron chi connectivity index (χ2n) is 5.07. The van der Waals surface area contributed by atoms with Crippen molar-refractivity contribution in [1.82, 2.24) is 15.0 Å². The summed E-state index contributed by atoms with van der Waals surface area (Å²) in [4.78, 5) is 0. The fourth-order valence-corrected chi connectivity index (χ4v) is 2.60. The van der Waals surface area contributed by atoms with Gasteiger partial charge in [0.05, 0.1) is 18.8 Å². The van der Waals surface area contributed by atoms with Gasteiger partial charge >= 0.3 is 0 Å². The van der Waals surface area contributed by atoms with Gasteiger partial charge in [-0.1, -0.05) is 29.5 Å². The van der Waals surface area contributed by atoms with E-state index >= 15 is 0 Å². The minimum absolute atomic E-state index is 0.0485. The first-order valence-corrected chi connectivity index (χ1v) is 7.06. The number of aryl methyl sites for hydroxylation is 1. The monoisotopic (exact) mass is 273 g/mol. The largest absolute Gasteiger partial charge is 0.396 e. The van der Waals surface area contributed by atoms with E-state index in [1.807, 2.05) is 10.9 Å². The molecule has 1 atom stereocenters. The predicted molar refractivity (Wildman–Crippen MR) is 74.3 cm³/mol. The van der Waals surface area contributed by atoms with Crippen molar-refractivity contribution < 1.29 is 9.84 Å². The summed E-state index contributed by atoms with van der Waals surface area (Å²) in [5, 5.41) is 17.1. The number of ether oxygens (including phenoxy) is 1. The van der Waals surface area contributed by atoms with Gasteiger partial charge in [-0.05, 0) is 30.4 Å². The number of aromatic nitrogens is 3. The summed E-state index contributed by atoms with van der Waals surface area (Å²) < 4.78 is 7.70. The predicted octanol–water partition coefficient (Wildman–Crippen LogP) is 1.52. The highest BCUT2D eigenvalue weighted by atomic mass is 16.5. The summed E-state index contributed by atoms with van der Waals surface area (Å²) >= 11 is 0. The van der Waals surface area contributed by atoms with Gasteiger partial charge < -0.3 is 9.84 Å². The smallest absolute Gasteiger partial charge is 0.102 e. The van der Waals surface area contributed by atoms with Crippen LogP contribution in [0.3, 0.4) is 0 Å². The van der Waals surface area contributed by atoms with Gasteiger partial charge in [0.25, 0.3) is 0 Å². The Labute approximate surface area is 118 Å². The number of aliphatic hydroxyl groups is 1. The summed E-state index contributed by atoms with van der Waals surface area (Å²) in [5.74, 6) is 0. The van der Waals surface area contributed by atoms with Crippen molar-refractivity contribution >= 4 is 0 Å². The Balaban J connectivity index is 1.71. The summed E-state index contributed by atoms with van der Waals surface area (Å²) in [5.41, 5.74) is 3.54. The molecule has 2 heterocycles. The van der Waals surface area contributed by atoms with Crippen molar-refractivity contribution in [2.45, 2.75) is 31.9 Å². The molecular formula is C15H19N3O2. The molecule has 1 aromatic carbocycles. The maximum Gasteiger partial charge on any atom is 0.102 e. The maximum absolute atomic E-state index is 8.83. The van der Waals surface area contributed by atoms with E-state index in [1.165, 1.54) is 11.1 Å². The van der Waals surface area contributed by atoms with Crippen LogP contribution in [-0.4, -0.2) is 33.3 Å². The lowest BCUT2D eigenvalue weighted by Crippen LogP contribution is -2.20. The van der Waals surface area contributed by atoms with Crippen molar-refractivity contribution in [2.75, 3.05) is 13.2 Å². The van der Waals surface area contributed by atoms with E-state index in [4.69, 9.17) is 9.84 Å². The van der Waals surface area contributed by atoms with Crippen molar-refractivity contribution in [1.29, 1.82) is 0 Å². The molecule has 0 radical (unpaired) electrons. The highest BCUT2D eigenvalue weighted by molar-refractivity contribution is 5.30. The van der Waals surface area contributed by atoms with Gasteiger partial charge in [-0.25, -0.2) is 4.68 Å². The summed E-state index contributed by atoms with van der Waals surface area (Å²) in [6, 6.07) is 8.42. The molecule has 0 bridgehead atoms. The fraction of sp³-hybridized carbons (Fsp3) is 0.467. The molecule has 0 amide bonds.